The second-order valence-electron chi connectivity index (χ2n) is 7.34. The van der Waals surface area contributed by atoms with Crippen LogP contribution in [0.4, 0.5) is 0 Å². The Kier molecular flexibility index (Phi) is 12.6. The lowest BCUT2D eigenvalue weighted by atomic mass is 10.1. The molecule has 0 unspecified atom stereocenters. The Labute approximate surface area is 160 Å². The summed E-state index contributed by atoms with van der Waals surface area (Å²) in [6.45, 7) is 10.3. The molecule has 0 bridgehead atoms. The minimum Gasteiger partial charge on any atom is -0.462 e. The van der Waals surface area contributed by atoms with Crippen molar-refractivity contribution in [2.45, 2.75) is 97.6 Å². The van der Waals surface area contributed by atoms with E-state index in [1.807, 2.05) is 0 Å². The van der Waals surface area contributed by atoms with Crippen molar-refractivity contribution in [2.75, 3.05) is 6.61 Å². The van der Waals surface area contributed by atoms with Crippen molar-refractivity contribution in [3.8, 4) is 0 Å². The zero-order valence-electron chi connectivity index (χ0n) is 17.0. The van der Waals surface area contributed by atoms with Crippen LogP contribution in [0.5, 0.6) is 0 Å². The molecule has 4 nitrogen and oxygen atoms in total. The summed E-state index contributed by atoms with van der Waals surface area (Å²) in [7, 11) is 0. The van der Waals surface area contributed by atoms with E-state index in [4.69, 9.17) is 4.74 Å². The number of ether oxygens (including phenoxy) is 1. The lowest BCUT2D eigenvalue weighted by molar-refractivity contribution is -0.696. The fraction of sp³-hybridized carbons (Fsp3) is 0.727. The molecule has 0 aromatic carbocycles. The lowest BCUT2D eigenvalue weighted by Crippen LogP contribution is -2.30. The molecule has 0 radical (unpaired) electrons. The van der Waals surface area contributed by atoms with Gasteiger partial charge in [-0.2, -0.15) is 0 Å². The first kappa shape index (κ1) is 22.5. The van der Waals surface area contributed by atoms with Gasteiger partial charge in [-0.15, -0.1) is 0 Å². The Hall–Kier alpha value is -1.58. The van der Waals surface area contributed by atoms with Gasteiger partial charge in [-0.1, -0.05) is 58.4 Å². The maximum Gasteiger partial charge on any atom is 0.333 e. The number of imidazole rings is 1. The molecule has 4 heteroatoms. The molecular weight excluding hydrogens is 324 g/mol. The summed E-state index contributed by atoms with van der Waals surface area (Å²) < 4.78 is 9.70. The van der Waals surface area contributed by atoms with Crippen molar-refractivity contribution in [1.29, 1.82) is 0 Å². The van der Waals surface area contributed by atoms with Crippen molar-refractivity contribution in [3.05, 3.63) is 30.9 Å². The van der Waals surface area contributed by atoms with Crippen LogP contribution < -0.4 is 4.57 Å². The molecule has 1 rings (SSSR count). The Bertz CT molecular complexity index is 508. The third-order valence-corrected chi connectivity index (χ3v) is 4.66. The van der Waals surface area contributed by atoms with Gasteiger partial charge in [0, 0.05) is 5.57 Å². The molecule has 0 aliphatic rings. The SMILES string of the molecule is C=C(C)C(=O)OCCCCCCCCCCC[n+]1ccn(CCCC)c1. The molecule has 1 heterocycles. The molecule has 26 heavy (non-hydrogen) atoms. The van der Waals surface area contributed by atoms with E-state index < -0.39 is 0 Å². The van der Waals surface area contributed by atoms with Gasteiger partial charge in [-0.3, -0.25) is 0 Å². The second-order valence-corrected chi connectivity index (χ2v) is 7.34. The van der Waals surface area contributed by atoms with E-state index in [-0.39, 0.29) is 5.97 Å². The monoisotopic (exact) mass is 363 g/mol. The van der Waals surface area contributed by atoms with Gasteiger partial charge in [0.05, 0.1) is 19.7 Å². The highest BCUT2D eigenvalue weighted by Gasteiger charge is 2.03. The van der Waals surface area contributed by atoms with Crippen LogP contribution in [0.15, 0.2) is 30.9 Å². The molecular formula is C22H39N2O2+. The molecule has 0 fully saturated rings. The first-order valence-corrected chi connectivity index (χ1v) is 10.5. The molecule has 0 amide bonds. The molecule has 0 saturated heterocycles. The summed E-state index contributed by atoms with van der Waals surface area (Å²) in [6.07, 6.45) is 20.4. The predicted molar refractivity (Wildman–Crippen MR) is 107 cm³/mol. The van der Waals surface area contributed by atoms with Gasteiger partial charge in [0.25, 0.3) is 0 Å². The molecule has 0 atom stereocenters. The second kappa shape index (κ2) is 14.6. The average molecular weight is 364 g/mol. The largest absolute Gasteiger partial charge is 0.462 e. The van der Waals surface area contributed by atoms with E-state index >= 15 is 0 Å². The van der Waals surface area contributed by atoms with Crippen LogP contribution in [0.1, 0.15) is 84.5 Å². The third-order valence-electron chi connectivity index (χ3n) is 4.66. The molecule has 1 aromatic rings. The fourth-order valence-corrected chi connectivity index (χ4v) is 2.97. The number of unbranched alkanes of at least 4 members (excludes halogenated alkanes) is 9. The van der Waals surface area contributed by atoms with Gasteiger partial charge >= 0.3 is 5.97 Å². The van der Waals surface area contributed by atoms with E-state index in [9.17, 15) is 4.79 Å². The van der Waals surface area contributed by atoms with E-state index in [0.29, 0.717) is 12.2 Å². The zero-order valence-corrected chi connectivity index (χ0v) is 17.0. The molecule has 148 valence electrons. The lowest BCUT2D eigenvalue weighted by Gasteiger charge is -2.04. The first-order chi connectivity index (χ1) is 12.6. The van der Waals surface area contributed by atoms with Crippen molar-refractivity contribution in [1.82, 2.24) is 4.57 Å². The number of carbonyl (C=O) groups is 1. The Morgan fingerprint density at radius 3 is 2.23 bits per heavy atom. The van der Waals surface area contributed by atoms with Crippen LogP contribution in [0.25, 0.3) is 0 Å². The van der Waals surface area contributed by atoms with Gasteiger partial charge in [0.15, 0.2) is 0 Å². The number of carbonyl (C=O) groups excluding carboxylic acids is 1. The first-order valence-electron chi connectivity index (χ1n) is 10.5. The summed E-state index contributed by atoms with van der Waals surface area (Å²) >= 11 is 0. The summed E-state index contributed by atoms with van der Waals surface area (Å²) in [5, 5.41) is 0. The van der Waals surface area contributed by atoms with Crippen LogP contribution >= 0.6 is 0 Å². The number of esters is 1. The molecule has 1 aromatic heterocycles. The molecule has 0 aliphatic carbocycles. The minimum absolute atomic E-state index is 0.263. The fourth-order valence-electron chi connectivity index (χ4n) is 2.97. The van der Waals surface area contributed by atoms with Gasteiger partial charge in [-0.05, 0) is 32.6 Å². The standard InChI is InChI=1S/C22H39N2O2/c1-4-5-15-23-17-18-24(20-23)16-13-11-9-7-6-8-10-12-14-19-26-22(25)21(2)3/h17-18,20H,2,4-16,19H2,1,3H3/q+1. The van der Waals surface area contributed by atoms with Crippen LogP contribution in [-0.4, -0.2) is 17.1 Å². The molecule has 0 saturated carbocycles. The highest BCUT2D eigenvalue weighted by atomic mass is 16.5. The maximum atomic E-state index is 11.2. The Morgan fingerprint density at radius 2 is 1.62 bits per heavy atom. The Balaban J connectivity index is 1.85. The highest BCUT2D eigenvalue weighted by Crippen LogP contribution is 2.10. The number of nitrogens with zero attached hydrogens (tertiary/aromatic N) is 2. The molecule has 0 spiro atoms. The topological polar surface area (TPSA) is 35.1 Å². The molecule has 0 N–H and O–H groups in total. The van der Waals surface area contributed by atoms with Crippen LogP contribution in [-0.2, 0) is 22.6 Å². The molecule has 0 aliphatic heterocycles. The number of aromatic nitrogens is 2. The van der Waals surface area contributed by atoms with Gasteiger partial charge in [0.2, 0.25) is 6.33 Å². The maximum absolute atomic E-state index is 11.2. The van der Waals surface area contributed by atoms with Gasteiger partial charge < -0.3 is 4.74 Å². The normalized spacial score (nSPS) is 10.8. The van der Waals surface area contributed by atoms with Gasteiger partial charge in [-0.25, -0.2) is 13.9 Å². The predicted octanol–water partition coefficient (Wildman–Crippen LogP) is 5.21. The highest BCUT2D eigenvalue weighted by molar-refractivity contribution is 5.86. The van der Waals surface area contributed by atoms with Gasteiger partial charge in [0.1, 0.15) is 12.4 Å². The summed E-state index contributed by atoms with van der Waals surface area (Å²) in [6, 6.07) is 0. The summed E-state index contributed by atoms with van der Waals surface area (Å²) in [4.78, 5) is 11.2. The number of rotatable bonds is 16. The minimum atomic E-state index is -0.263. The number of aryl methyl sites for hydroxylation is 2. The summed E-state index contributed by atoms with van der Waals surface area (Å²) in [5.41, 5.74) is 0.484. The van der Waals surface area contributed by atoms with Crippen LogP contribution in [0, 0.1) is 0 Å². The van der Waals surface area contributed by atoms with Crippen molar-refractivity contribution in [3.63, 3.8) is 0 Å². The van der Waals surface area contributed by atoms with E-state index in [1.165, 1.54) is 57.8 Å². The van der Waals surface area contributed by atoms with Crippen molar-refractivity contribution in [2.24, 2.45) is 0 Å². The number of hydrogen-bond acceptors (Lipinski definition) is 2. The van der Waals surface area contributed by atoms with Crippen LogP contribution in [0.3, 0.4) is 0 Å². The van der Waals surface area contributed by atoms with Crippen LogP contribution in [0.2, 0.25) is 0 Å². The quantitative estimate of drug-likeness (QED) is 0.175. The number of hydrogen-bond donors (Lipinski definition) is 0. The average Bonchev–Trinajstić information content (AvgIpc) is 3.08. The van der Waals surface area contributed by atoms with Crippen molar-refractivity contribution >= 4 is 5.97 Å². The third kappa shape index (κ3) is 11.1. The Morgan fingerprint density at radius 1 is 1.00 bits per heavy atom. The van der Waals surface area contributed by atoms with E-state index in [0.717, 1.165) is 25.9 Å². The van der Waals surface area contributed by atoms with Crippen molar-refractivity contribution < 1.29 is 14.1 Å². The van der Waals surface area contributed by atoms with E-state index in [1.54, 1.807) is 6.92 Å². The smallest absolute Gasteiger partial charge is 0.333 e. The zero-order chi connectivity index (χ0) is 19.0. The summed E-state index contributed by atoms with van der Waals surface area (Å²) in [5.74, 6) is -0.263. The van der Waals surface area contributed by atoms with E-state index in [2.05, 4.69) is 41.4 Å².